The third-order valence-electron chi connectivity index (χ3n) is 10.2. The summed E-state index contributed by atoms with van der Waals surface area (Å²) in [5, 5.41) is 0.613. The normalized spacial score (nSPS) is 18.2. The molecular formula is C40H45ClN2O7Si. The van der Waals surface area contributed by atoms with Crippen molar-refractivity contribution >= 4 is 30.8 Å². The molecule has 0 radical (unpaired) electrons. The van der Waals surface area contributed by atoms with Crippen LogP contribution in [0.15, 0.2) is 107 Å². The molecule has 0 saturated carbocycles. The molecule has 1 aliphatic heterocycles. The minimum absolute atomic E-state index is 0.112. The topological polar surface area (TPSA) is 101 Å². The molecule has 2 heterocycles. The highest BCUT2D eigenvalue weighted by Gasteiger charge is 2.47. The van der Waals surface area contributed by atoms with Gasteiger partial charge in [-0.15, -0.1) is 0 Å². The Kier molecular flexibility index (Phi) is 10.4. The first-order valence-corrected chi connectivity index (χ1v) is 20.3. The molecule has 0 bridgehead atoms. The van der Waals surface area contributed by atoms with E-state index in [9.17, 15) is 9.59 Å². The molecule has 4 aromatic carbocycles. The van der Waals surface area contributed by atoms with Crippen LogP contribution in [0.1, 0.15) is 50.1 Å². The zero-order chi connectivity index (χ0) is 36.6. The Morgan fingerprint density at radius 2 is 1.41 bits per heavy atom. The number of nitrogens with zero attached hydrogens (tertiary/aromatic N) is 1. The van der Waals surface area contributed by atoms with Crippen molar-refractivity contribution < 1.29 is 23.4 Å². The first-order chi connectivity index (χ1) is 24.3. The van der Waals surface area contributed by atoms with Gasteiger partial charge in [-0.3, -0.25) is 14.3 Å². The van der Waals surface area contributed by atoms with Crippen LogP contribution in [-0.4, -0.2) is 50.9 Å². The summed E-state index contributed by atoms with van der Waals surface area (Å²) in [6.45, 7) is 11.0. The van der Waals surface area contributed by atoms with Crippen molar-refractivity contribution in [1.29, 1.82) is 0 Å². The van der Waals surface area contributed by atoms with E-state index in [1.165, 1.54) is 4.57 Å². The minimum Gasteiger partial charge on any atom is -0.497 e. The Morgan fingerprint density at radius 1 is 0.843 bits per heavy atom. The Bertz CT molecular complexity index is 2040. The zero-order valence-electron chi connectivity index (χ0n) is 30.1. The number of hydrogen-bond acceptors (Lipinski definition) is 7. The number of halogens is 1. The number of ether oxygens (including phenoxy) is 4. The second-order valence-electron chi connectivity index (χ2n) is 14.4. The molecule has 0 spiro atoms. The van der Waals surface area contributed by atoms with E-state index in [1.807, 2.05) is 78.9 Å². The SMILES string of the molecule is COc1ccc(C(OC[C@H]2C[C@@H](O[Si](C)(C)C(C)(C)C)[C@H](n3c(=O)[nH]c(=O)c4ccc(Cl)cc43)O2)(c2ccccc2)c2ccc(OC)cc2)cc1. The minimum atomic E-state index is -2.37. The molecule has 1 aromatic heterocycles. The van der Waals surface area contributed by atoms with Gasteiger partial charge in [-0.1, -0.05) is 87.0 Å². The first kappa shape index (κ1) is 36.6. The van der Waals surface area contributed by atoms with Crippen molar-refractivity contribution in [3.05, 3.63) is 140 Å². The largest absolute Gasteiger partial charge is 0.497 e. The summed E-state index contributed by atoms with van der Waals surface area (Å²) in [6.07, 6.45) is -1.41. The lowest BCUT2D eigenvalue weighted by atomic mass is 9.80. The van der Waals surface area contributed by atoms with Crippen LogP contribution in [0.25, 0.3) is 10.9 Å². The molecule has 0 unspecified atom stereocenters. The summed E-state index contributed by atoms with van der Waals surface area (Å²) in [5.41, 5.74) is 0.922. The Balaban J connectivity index is 1.45. The van der Waals surface area contributed by atoms with Crippen molar-refractivity contribution in [3.8, 4) is 11.5 Å². The fraction of sp³-hybridized carbons (Fsp3) is 0.350. The van der Waals surface area contributed by atoms with Crippen LogP contribution in [0.3, 0.4) is 0 Å². The van der Waals surface area contributed by atoms with Gasteiger partial charge in [0.1, 0.15) is 17.1 Å². The van der Waals surface area contributed by atoms with Gasteiger partial charge in [-0.2, -0.15) is 0 Å². The molecule has 1 aliphatic rings. The van der Waals surface area contributed by atoms with E-state index in [4.69, 9.17) is 35.0 Å². The van der Waals surface area contributed by atoms with Crippen molar-refractivity contribution in [2.24, 2.45) is 0 Å². The summed E-state index contributed by atoms with van der Waals surface area (Å²) < 4.78 is 33.5. The van der Waals surface area contributed by atoms with Crippen LogP contribution in [0.2, 0.25) is 23.2 Å². The van der Waals surface area contributed by atoms with Gasteiger partial charge in [0, 0.05) is 11.4 Å². The highest BCUT2D eigenvalue weighted by molar-refractivity contribution is 6.74. The number of methoxy groups -OCH3 is 2. The maximum atomic E-state index is 13.6. The molecular weight excluding hydrogens is 684 g/mol. The fourth-order valence-electron chi connectivity index (χ4n) is 6.49. The smallest absolute Gasteiger partial charge is 0.331 e. The highest BCUT2D eigenvalue weighted by atomic mass is 35.5. The average Bonchev–Trinajstić information content (AvgIpc) is 3.49. The van der Waals surface area contributed by atoms with Crippen molar-refractivity contribution in [2.45, 2.75) is 69.4 Å². The van der Waals surface area contributed by atoms with Gasteiger partial charge >= 0.3 is 5.69 Å². The Morgan fingerprint density at radius 3 is 1.96 bits per heavy atom. The van der Waals surface area contributed by atoms with Crippen LogP contribution in [0.4, 0.5) is 0 Å². The number of nitrogens with one attached hydrogen (secondary N) is 1. The lowest BCUT2D eigenvalue weighted by molar-refractivity contribution is -0.0851. The maximum absolute atomic E-state index is 13.6. The Hall–Kier alpha value is -4.19. The monoisotopic (exact) mass is 728 g/mol. The van der Waals surface area contributed by atoms with Crippen LogP contribution in [0, 0.1) is 0 Å². The first-order valence-electron chi connectivity index (χ1n) is 17.0. The predicted octanol–water partition coefficient (Wildman–Crippen LogP) is 8.05. The Labute approximate surface area is 304 Å². The van der Waals surface area contributed by atoms with E-state index in [0.29, 0.717) is 22.3 Å². The van der Waals surface area contributed by atoms with Crippen molar-refractivity contribution in [3.63, 3.8) is 0 Å². The zero-order valence-corrected chi connectivity index (χ0v) is 31.8. The number of benzene rings is 4. The molecule has 5 aromatic rings. The predicted molar refractivity (Wildman–Crippen MR) is 203 cm³/mol. The van der Waals surface area contributed by atoms with Crippen molar-refractivity contribution in [2.75, 3.05) is 20.8 Å². The second kappa shape index (κ2) is 14.4. The van der Waals surface area contributed by atoms with Gasteiger partial charge < -0.3 is 23.4 Å². The number of hydrogen-bond donors (Lipinski definition) is 1. The van der Waals surface area contributed by atoms with Gasteiger partial charge in [-0.25, -0.2) is 4.79 Å². The van der Waals surface area contributed by atoms with Gasteiger partial charge in [-0.05, 0) is 77.3 Å². The highest BCUT2D eigenvalue weighted by Crippen LogP contribution is 2.45. The number of rotatable bonds is 11. The summed E-state index contributed by atoms with van der Waals surface area (Å²) in [7, 11) is 0.904. The second-order valence-corrected chi connectivity index (χ2v) is 19.6. The third kappa shape index (κ3) is 7.16. The van der Waals surface area contributed by atoms with Crippen LogP contribution in [0.5, 0.6) is 11.5 Å². The molecule has 1 fully saturated rings. The summed E-state index contributed by atoms with van der Waals surface area (Å²) in [5.74, 6) is 1.45. The van der Waals surface area contributed by atoms with E-state index in [2.05, 4.69) is 38.8 Å². The van der Waals surface area contributed by atoms with Crippen LogP contribution in [-0.2, 0) is 19.5 Å². The van der Waals surface area contributed by atoms with Crippen LogP contribution < -0.4 is 20.7 Å². The fourth-order valence-corrected chi connectivity index (χ4v) is 7.98. The van der Waals surface area contributed by atoms with E-state index < -0.39 is 43.6 Å². The summed E-state index contributed by atoms with van der Waals surface area (Å²) in [6, 6.07) is 30.6. The number of aromatic nitrogens is 2. The van der Waals surface area contributed by atoms with E-state index in [-0.39, 0.29) is 11.6 Å². The molecule has 0 aliphatic carbocycles. The molecule has 1 saturated heterocycles. The lowest BCUT2D eigenvalue weighted by Crippen LogP contribution is -2.46. The molecule has 268 valence electrons. The molecule has 6 rings (SSSR count). The van der Waals surface area contributed by atoms with E-state index in [0.717, 1.165) is 28.2 Å². The van der Waals surface area contributed by atoms with Gasteiger partial charge in [0.2, 0.25) is 0 Å². The third-order valence-corrected chi connectivity index (χ3v) is 15.0. The van der Waals surface area contributed by atoms with Crippen LogP contribution >= 0.6 is 11.6 Å². The summed E-state index contributed by atoms with van der Waals surface area (Å²) in [4.78, 5) is 29.0. The molecule has 1 N–H and O–H groups in total. The molecule has 3 atom stereocenters. The quantitative estimate of drug-likeness (QED) is 0.109. The molecule has 51 heavy (non-hydrogen) atoms. The lowest BCUT2D eigenvalue weighted by Gasteiger charge is -2.39. The van der Waals surface area contributed by atoms with E-state index in [1.54, 1.807) is 32.4 Å². The van der Waals surface area contributed by atoms with Crippen molar-refractivity contribution in [1.82, 2.24) is 9.55 Å². The maximum Gasteiger partial charge on any atom is 0.331 e. The van der Waals surface area contributed by atoms with E-state index >= 15 is 0 Å². The molecule has 9 nitrogen and oxygen atoms in total. The standard InChI is InChI=1S/C40H45ClN2O7Si/c1-39(2,3)51(6,7)50-35-24-32(49-37(35)43-34-23-29(41)17-22-33(34)36(44)42-38(43)45)25-48-40(26-11-9-8-10-12-26,27-13-18-30(46-4)19-14-27)28-15-20-31(47-5)21-16-28/h8-23,32,35,37H,24-25H2,1-7H3,(H,42,44,45)/t32-,35-,37-/m1/s1. The molecule has 0 amide bonds. The van der Waals surface area contributed by atoms with Gasteiger partial charge in [0.05, 0.1) is 43.9 Å². The average molecular weight is 729 g/mol. The van der Waals surface area contributed by atoms with Gasteiger partial charge in [0.15, 0.2) is 14.5 Å². The number of H-pyrrole nitrogens is 1. The van der Waals surface area contributed by atoms with Gasteiger partial charge in [0.25, 0.3) is 5.56 Å². The number of aromatic amines is 1. The number of fused-ring (bicyclic) bond motifs is 1. The summed E-state index contributed by atoms with van der Waals surface area (Å²) >= 11 is 6.42. The molecule has 11 heteroatoms.